The van der Waals surface area contributed by atoms with Crippen LogP contribution in [0.3, 0.4) is 0 Å². The molecule has 0 aliphatic carbocycles. The van der Waals surface area contributed by atoms with Crippen molar-refractivity contribution in [1.82, 2.24) is 0 Å². The zero-order valence-corrected chi connectivity index (χ0v) is 12.5. The van der Waals surface area contributed by atoms with Crippen molar-refractivity contribution in [2.24, 2.45) is 5.92 Å². The van der Waals surface area contributed by atoms with Crippen LogP contribution in [-0.4, -0.2) is 37.0 Å². The summed E-state index contributed by atoms with van der Waals surface area (Å²) in [6, 6.07) is 4.47. The number of hydrogen-bond donors (Lipinski definition) is 0. The van der Waals surface area contributed by atoms with E-state index in [0.717, 1.165) is 18.7 Å². The van der Waals surface area contributed by atoms with Crippen LogP contribution in [0.25, 0.3) is 0 Å². The highest BCUT2D eigenvalue weighted by atomic mass is 16.6. The van der Waals surface area contributed by atoms with E-state index in [4.69, 9.17) is 4.74 Å². The lowest BCUT2D eigenvalue weighted by Gasteiger charge is -2.38. The fraction of sp³-hybridized carbons (Fsp3) is 0.533. The molecule has 114 valence electrons. The molecule has 0 saturated carbocycles. The Morgan fingerprint density at radius 3 is 2.76 bits per heavy atom. The van der Waals surface area contributed by atoms with Gasteiger partial charge in [0.1, 0.15) is 0 Å². The van der Waals surface area contributed by atoms with Crippen LogP contribution >= 0.6 is 0 Å². The van der Waals surface area contributed by atoms with Crippen molar-refractivity contribution >= 4 is 17.2 Å². The molecule has 1 aliphatic heterocycles. The molecule has 21 heavy (non-hydrogen) atoms. The van der Waals surface area contributed by atoms with E-state index < -0.39 is 4.92 Å². The van der Waals surface area contributed by atoms with Crippen LogP contribution in [0.15, 0.2) is 18.2 Å². The number of nitro groups is 1. The highest BCUT2D eigenvalue weighted by Gasteiger charge is 2.28. The second-order valence-corrected chi connectivity index (χ2v) is 5.50. The Morgan fingerprint density at radius 2 is 2.19 bits per heavy atom. The van der Waals surface area contributed by atoms with E-state index in [9.17, 15) is 14.9 Å². The van der Waals surface area contributed by atoms with Gasteiger partial charge in [0, 0.05) is 43.6 Å². The van der Waals surface area contributed by atoms with Gasteiger partial charge < -0.3 is 9.64 Å². The standard InChI is InChI=1S/C15H20N2O4/c1-10-6-7-16(9-15(10)21-3)14-5-4-12(17(19)20)8-13(14)11(2)18/h4-5,8,10,15H,6-7,9H2,1-3H3. The van der Waals surface area contributed by atoms with Crippen molar-refractivity contribution in [3.05, 3.63) is 33.9 Å². The molecule has 1 aromatic carbocycles. The number of hydrogen-bond acceptors (Lipinski definition) is 5. The normalized spacial score (nSPS) is 22.1. The first-order valence-corrected chi connectivity index (χ1v) is 7.01. The largest absolute Gasteiger partial charge is 0.379 e. The summed E-state index contributed by atoms with van der Waals surface area (Å²) in [6.07, 6.45) is 1.07. The topological polar surface area (TPSA) is 72.7 Å². The molecule has 0 bridgehead atoms. The highest BCUT2D eigenvalue weighted by Crippen LogP contribution is 2.30. The first-order chi connectivity index (χ1) is 9.93. The van der Waals surface area contributed by atoms with E-state index in [0.29, 0.717) is 18.0 Å². The van der Waals surface area contributed by atoms with Gasteiger partial charge in [-0.15, -0.1) is 0 Å². The van der Waals surface area contributed by atoms with Crippen LogP contribution in [0.5, 0.6) is 0 Å². The third kappa shape index (κ3) is 3.21. The van der Waals surface area contributed by atoms with Gasteiger partial charge in [-0.05, 0) is 25.3 Å². The smallest absolute Gasteiger partial charge is 0.270 e. The minimum Gasteiger partial charge on any atom is -0.379 e. The molecule has 1 heterocycles. The summed E-state index contributed by atoms with van der Waals surface area (Å²) in [5.41, 5.74) is 1.09. The predicted octanol–water partition coefficient (Wildman–Crippen LogP) is 2.66. The number of carbonyl (C=O) groups is 1. The Labute approximate surface area is 123 Å². The fourth-order valence-corrected chi connectivity index (χ4v) is 2.75. The number of ketones is 1. The molecule has 1 aromatic rings. The quantitative estimate of drug-likeness (QED) is 0.484. The average Bonchev–Trinajstić information content (AvgIpc) is 2.47. The first kappa shape index (κ1) is 15.4. The Bertz CT molecular complexity index is 559. The molecule has 2 rings (SSSR count). The molecule has 1 fully saturated rings. The van der Waals surface area contributed by atoms with Gasteiger partial charge in [0.15, 0.2) is 5.78 Å². The second-order valence-electron chi connectivity index (χ2n) is 5.50. The number of ether oxygens (including phenoxy) is 1. The van der Waals surface area contributed by atoms with E-state index in [2.05, 4.69) is 11.8 Å². The van der Waals surface area contributed by atoms with Gasteiger partial charge in [-0.2, -0.15) is 0 Å². The summed E-state index contributed by atoms with van der Waals surface area (Å²) in [6.45, 7) is 5.09. The zero-order valence-electron chi connectivity index (χ0n) is 12.5. The SMILES string of the molecule is COC1CN(c2ccc([N+](=O)[O-])cc2C(C)=O)CCC1C. The second kappa shape index (κ2) is 6.22. The van der Waals surface area contributed by atoms with E-state index in [1.807, 2.05) is 0 Å². The van der Waals surface area contributed by atoms with Gasteiger partial charge in [0.05, 0.1) is 11.0 Å². The lowest BCUT2D eigenvalue weighted by Crippen LogP contribution is -2.44. The number of nitrogens with zero attached hydrogens (tertiary/aromatic N) is 2. The molecule has 0 radical (unpaired) electrons. The lowest BCUT2D eigenvalue weighted by molar-refractivity contribution is -0.384. The summed E-state index contributed by atoms with van der Waals surface area (Å²) in [4.78, 5) is 24.3. The maximum Gasteiger partial charge on any atom is 0.270 e. The van der Waals surface area contributed by atoms with E-state index in [1.54, 1.807) is 13.2 Å². The molecule has 0 aromatic heterocycles. The van der Waals surface area contributed by atoms with Gasteiger partial charge in [0.25, 0.3) is 5.69 Å². The molecule has 6 nitrogen and oxygen atoms in total. The van der Waals surface area contributed by atoms with Crippen molar-refractivity contribution in [2.45, 2.75) is 26.4 Å². The number of piperidine rings is 1. The van der Waals surface area contributed by atoms with Crippen molar-refractivity contribution in [2.75, 3.05) is 25.1 Å². The van der Waals surface area contributed by atoms with Gasteiger partial charge >= 0.3 is 0 Å². The summed E-state index contributed by atoms with van der Waals surface area (Å²) in [7, 11) is 1.69. The molecule has 1 aliphatic rings. The molecule has 0 amide bonds. The average molecular weight is 292 g/mol. The monoisotopic (exact) mass is 292 g/mol. The minimum absolute atomic E-state index is 0.0578. The van der Waals surface area contributed by atoms with Crippen molar-refractivity contribution < 1.29 is 14.5 Å². The molecule has 1 saturated heterocycles. The summed E-state index contributed by atoms with van der Waals surface area (Å²) < 4.78 is 5.48. The van der Waals surface area contributed by atoms with Crippen LogP contribution in [0.1, 0.15) is 30.6 Å². The van der Waals surface area contributed by atoms with E-state index in [-0.39, 0.29) is 17.6 Å². The van der Waals surface area contributed by atoms with Crippen LogP contribution in [-0.2, 0) is 4.74 Å². The van der Waals surface area contributed by atoms with Gasteiger partial charge in [-0.3, -0.25) is 14.9 Å². The third-order valence-corrected chi connectivity index (χ3v) is 4.10. The third-order valence-electron chi connectivity index (χ3n) is 4.10. The van der Waals surface area contributed by atoms with Crippen LogP contribution in [0.2, 0.25) is 0 Å². The molecular formula is C15H20N2O4. The summed E-state index contributed by atoms with van der Waals surface area (Å²) in [5.74, 6) is 0.298. The van der Waals surface area contributed by atoms with E-state index in [1.165, 1.54) is 19.1 Å². The Balaban J connectivity index is 2.35. The number of carbonyl (C=O) groups excluding carboxylic acids is 1. The van der Waals surface area contributed by atoms with Crippen molar-refractivity contribution in [3.63, 3.8) is 0 Å². The van der Waals surface area contributed by atoms with Crippen molar-refractivity contribution in [3.8, 4) is 0 Å². The van der Waals surface area contributed by atoms with Gasteiger partial charge in [0.2, 0.25) is 0 Å². The maximum atomic E-state index is 11.8. The molecular weight excluding hydrogens is 272 g/mol. The molecule has 2 atom stereocenters. The Hall–Kier alpha value is -1.95. The van der Waals surface area contributed by atoms with Gasteiger partial charge in [-0.25, -0.2) is 0 Å². The Morgan fingerprint density at radius 1 is 1.48 bits per heavy atom. The number of non-ortho nitro benzene ring substituents is 1. The Kier molecular flexibility index (Phi) is 4.57. The number of methoxy groups -OCH3 is 1. The van der Waals surface area contributed by atoms with Crippen LogP contribution < -0.4 is 4.90 Å². The fourth-order valence-electron chi connectivity index (χ4n) is 2.75. The van der Waals surface area contributed by atoms with Crippen LogP contribution in [0.4, 0.5) is 11.4 Å². The number of benzene rings is 1. The number of Topliss-reactive ketones (excluding diaryl/α,β-unsaturated/α-hetero) is 1. The predicted molar refractivity (Wildman–Crippen MR) is 79.9 cm³/mol. The lowest BCUT2D eigenvalue weighted by atomic mass is 9.94. The number of rotatable bonds is 4. The molecule has 0 spiro atoms. The number of nitro benzene ring substituents is 1. The van der Waals surface area contributed by atoms with Crippen molar-refractivity contribution in [1.29, 1.82) is 0 Å². The maximum absolute atomic E-state index is 11.8. The number of anilines is 1. The minimum atomic E-state index is -0.480. The zero-order chi connectivity index (χ0) is 15.6. The van der Waals surface area contributed by atoms with Gasteiger partial charge in [-0.1, -0.05) is 6.92 Å². The van der Waals surface area contributed by atoms with E-state index >= 15 is 0 Å². The highest BCUT2D eigenvalue weighted by molar-refractivity contribution is 6.00. The van der Waals surface area contributed by atoms with Crippen LogP contribution in [0, 0.1) is 16.0 Å². The first-order valence-electron chi connectivity index (χ1n) is 7.01. The molecule has 6 heteroatoms. The molecule has 0 N–H and O–H groups in total. The molecule has 2 unspecified atom stereocenters. The summed E-state index contributed by atoms with van der Waals surface area (Å²) >= 11 is 0. The summed E-state index contributed by atoms with van der Waals surface area (Å²) in [5, 5.41) is 10.9.